The first-order valence-corrected chi connectivity index (χ1v) is 8.94. The number of amides is 2. The van der Waals surface area contributed by atoms with Crippen LogP contribution in [0.4, 0.5) is 5.82 Å². The molecule has 0 aliphatic carbocycles. The van der Waals surface area contributed by atoms with Crippen LogP contribution in [0.25, 0.3) is 11.3 Å². The molecule has 2 amide bonds. The number of carbonyl (C=O) groups is 2. The Morgan fingerprint density at radius 2 is 1.70 bits per heavy atom. The maximum absolute atomic E-state index is 12.5. The molecule has 2 aromatic carbocycles. The topological polar surface area (TPSA) is 78.1 Å². The number of benzene rings is 2. The number of rotatable bonds is 6. The maximum Gasteiger partial charge on any atom is 0.247 e. The average molecular weight is 362 g/mol. The molecular formula is C21H22N4O2. The first kappa shape index (κ1) is 18.4. The second-order valence-corrected chi connectivity index (χ2v) is 6.18. The molecule has 1 heterocycles. The highest BCUT2D eigenvalue weighted by atomic mass is 16.2. The first-order chi connectivity index (χ1) is 13.2. The van der Waals surface area contributed by atoms with Gasteiger partial charge in [0, 0.05) is 18.1 Å². The molecular weight excluding hydrogens is 340 g/mol. The predicted octanol–water partition coefficient (Wildman–Crippen LogP) is 3.48. The van der Waals surface area contributed by atoms with Gasteiger partial charge in [0.15, 0.2) is 5.82 Å². The fourth-order valence-electron chi connectivity index (χ4n) is 2.71. The van der Waals surface area contributed by atoms with Crippen LogP contribution in [0.3, 0.4) is 0 Å². The van der Waals surface area contributed by atoms with E-state index in [1.807, 2.05) is 67.6 Å². The fraction of sp³-hybridized carbons (Fsp3) is 0.190. The summed E-state index contributed by atoms with van der Waals surface area (Å²) < 4.78 is 0. The van der Waals surface area contributed by atoms with Gasteiger partial charge in [-0.2, -0.15) is 5.10 Å². The predicted molar refractivity (Wildman–Crippen MR) is 105 cm³/mol. The molecule has 0 aliphatic heterocycles. The first-order valence-electron chi connectivity index (χ1n) is 8.94. The quantitative estimate of drug-likeness (QED) is 0.659. The van der Waals surface area contributed by atoms with Crippen molar-refractivity contribution < 1.29 is 9.59 Å². The van der Waals surface area contributed by atoms with E-state index in [1.54, 1.807) is 6.07 Å². The number of aromatic nitrogens is 2. The van der Waals surface area contributed by atoms with Crippen LogP contribution in [0.15, 0.2) is 66.7 Å². The summed E-state index contributed by atoms with van der Waals surface area (Å²) in [6.07, 6.45) is 1.20. The molecule has 6 heteroatoms. The van der Waals surface area contributed by atoms with E-state index < -0.39 is 0 Å². The highest BCUT2D eigenvalue weighted by Gasteiger charge is 2.20. The van der Waals surface area contributed by atoms with Crippen LogP contribution in [0, 0.1) is 0 Å². The number of anilines is 1. The fourth-order valence-corrected chi connectivity index (χ4v) is 2.71. The zero-order valence-electron chi connectivity index (χ0n) is 15.2. The smallest absolute Gasteiger partial charge is 0.247 e. The minimum absolute atomic E-state index is 0.191. The Labute approximate surface area is 158 Å². The lowest BCUT2D eigenvalue weighted by Crippen LogP contribution is -2.47. The molecule has 3 aromatic rings. The third-order valence-electron chi connectivity index (χ3n) is 4.03. The minimum Gasteiger partial charge on any atom is -0.273 e. The van der Waals surface area contributed by atoms with Crippen LogP contribution < -0.4 is 10.4 Å². The minimum atomic E-state index is -0.262. The van der Waals surface area contributed by atoms with E-state index in [-0.39, 0.29) is 18.2 Å². The van der Waals surface area contributed by atoms with Crippen molar-refractivity contribution in [3.63, 3.8) is 0 Å². The largest absolute Gasteiger partial charge is 0.273 e. The van der Waals surface area contributed by atoms with Gasteiger partial charge in [-0.3, -0.25) is 20.1 Å². The van der Waals surface area contributed by atoms with Gasteiger partial charge in [0.1, 0.15) is 0 Å². The number of hydrazine groups is 1. The van der Waals surface area contributed by atoms with Crippen LogP contribution in [-0.2, 0) is 16.0 Å². The summed E-state index contributed by atoms with van der Waals surface area (Å²) in [5.74, 6) is -0.0163. The maximum atomic E-state index is 12.5. The number of aromatic amines is 1. The van der Waals surface area contributed by atoms with Crippen molar-refractivity contribution in [2.75, 3.05) is 5.01 Å². The van der Waals surface area contributed by atoms with Crippen LogP contribution in [0.2, 0.25) is 0 Å². The Balaban J connectivity index is 1.78. The Morgan fingerprint density at radius 3 is 2.37 bits per heavy atom. The van der Waals surface area contributed by atoms with Crippen molar-refractivity contribution >= 4 is 17.6 Å². The lowest BCUT2D eigenvalue weighted by molar-refractivity contribution is -0.125. The zero-order chi connectivity index (χ0) is 19.1. The van der Waals surface area contributed by atoms with E-state index in [2.05, 4.69) is 15.6 Å². The Bertz CT molecular complexity index is 891. The Hall–Kier alpha value is -3.41. The van der Waals surface area contributed by atoms with E-state index >= 15 is 0 Å². The Morgan fingerprint density at radius 1 is 1.04 bits per heavy atom. The van der Waals surface area contributed by atoms with Gasteiger partial charge in [0.25, 0.3) is 0 Å². The Kier molecular flexibility index (Phi) is 5.99. The molecule has 2 N–H and O–H groups in total. The molecule has 0 radical (unpaired) electrons. The standard InChI is InChI=1S/C21H22N4O2/c1-2-9-21(27)25(24-20(26)14-16-10-5-3-6-11-16)19-15-18(22-23-19)17-12-7-4-8-13-17/h3-8,10-13,15H,2,9,14H2,1H3,(H,22,23)(H,24,26). The molecule has 0 spiro atoms. The highest BCUT2D eigenvalue weighted by Crippen LogP contribution is 2.21. The van der Waals surface area contributed by atoms with E-state index in [1.165, 1.54) is 5.01 Å². The summed E-state index contributed by atoms with van der Waals surface area (Å²) in [5.41, 5.74) is 5.22. The molecule has 3 rings (SSSR count). The SMILES string of the molecule is CCCC(=O)N(NC(=O)Cc1ccccc1)c1cc(-c2ccccc2)n[nH]1. The van der Waals surface area contributed by atoms with Crippen molar-refractivity contribution in [2.24, 2.45) is 0 Å². The van der Waals surface area contributed by atoms with Crippen LogP contribution in [0.5, 0.6) is 0 Å². The molecule has 6 nitrogen and oxygen atoms in total. The summed E-state index contributed by atoms with van der Waals surface area (Å²) in [5, 5.41) is 8.38. The second-order valence-electron chi connectivity index (χ2n) is 6.18. The monoisotopic (exact) mass is 362 g/mol. The summed E-state index contributed by atoms with van der Waals surface area (Å²) in [6, 6.07) is 20.8. The number of nitrogens with one attached hydrogen (secondary N) is 2. The van der Waals surface area contributed by atoms with E-state index in [0.717, 1.165) is 11.1 Å². The summed E-state index contributed by atoms with van der Waals surface area (Å²) in [6.45, 7) is 1.92. The van der Waals surface area contributed by atoms with Crippen LogP contribution in [0.1, 0.15) is 25.3 Å². The lowest BCUT2D eigenvalue weighted by Gasteiger charge is -2.21. The van der Waals surface area contributed by atoms with Gasteiger partial charge in [-0.15, -0.1) is 0 Å². The van der Waals surface area contributed by atoms with E-state index in [0.29, 0.717) is 24.4 Å². The number of H-pyrrole nitrogens is 1. The normalized spacial score (nSPS) is 10.4. The highest BCUT2D eigenvalue weighted by molar-refractivity contribution is 5.96. The average Bonchev–Trinajstić information content (AvgIpc) is 3.17. The summed E-state index contributed by atoms with van der Waals surface area (Å²) in [7, 11) is 0. The number of hydrogen-bond donors (Lipinski definition) is 2. The van der Waals surface area contributed by atoms with Gasteiger partial charge in [0.2, 0.25) is 11.8 Å². The summed E-state index contributed by atoms with van der Waals surface area (Å²) in [4.78, 5) is 25.0. The van der Waals surface area contributed by atoms with Gasteiger partial charge >= 0.3 is 0 Å². The van der Waals surface area contributed by atoms with Crippen molar-refractivity contribution in [1.29, 1.82) is 0 Å². The lowest BCUT2D eigenvalue weighted by atomic mass is 10.1. The number of carbonyl (C=O) groups excluding carboxylic acids is 2. The number of nitrogens with zero attached hydrogens (tertiary/aromatic N) is 2. The van der Waals surface area contributed by atoms with Crippen LogP contribution >= 0.6 is 0 Å². The molecule has 0 atom stereocenters. The third-order valence-corrected chi connectivity index (χ3v) is 4.03. The molecule has 27 heavy (non-hydrogen) atoms. The van der Waals surface area contributed by atoms with E-state index in [4.69, 9.17) is 0 Å². The second kappa shape index (κ2) is 8.80. The van der Waals surface area contributed by atoms with Gasteiger partial charge in [-0.05, 0) is 12.0 Å². The third kappa shape index (κ3) is 4.82. The molecule has 0 aliphatic rings. The van der Waals surface area contributed by atoms with Crippen molar-refractivity contribution in [3.05, 3.63) is 72.3 Å². The molecule has 0 bridgehead atoms. The molecule has 0 fully saturated rings. The van der Waals surface area contributed by atoms with E-state index in [9.17, 15) is 9.59 Å². The molecule has 0 saturated carbocycles. The molecule has 138 valence electrons. The molecule has 0 unspecified atom stereocenters. The van der Waals surface area contributed by atoms with Gasteiger partial charge in [-0.1, -0.05) is 67.6 Å². The molecule has 1 aromatic heterocycles. The van der Waals surface area contributed by atoms with Gasteiger partial charge < -0.3 is 0 Å². The van der Waals surface area contributed by atoms with Crippen LogP contribution in [-0.4, -0.2) is 22.0 Å². The van der Waals surface area contributed by atoms with Crippen molar-refractivity contribution in [3.8, 4) is 11.3 Å². The number of hydrogen-bond acceptors (Lipinski definition) is 3. The van der Waals surface area contributed by atoms with Crippen molar-refractivity contribution in [1.82, 2.24) is 15.6 Å². The molecule has 0 saturated heterocycles. The van der Waals surface area contributed by atoms with Crippen molar-refractivity contribution in [2.45, 2.75) is 26.2 Å². The van der Waals surface area contributed by atoms with Gasteiger partial charge in [-0.25, -0.2) is 5.01 Å². The summed E-state index contributed by atoms with van der Waals surface area (Å²) >= 11 is 0. The van der Waals surface area contributed by atoms with Gasteiger partial charge in [0.05, 0.1) is 12.1 Å². The zero-order valence-corrected chi connectivity index (χ0v) is 15.2.